The number of halogens is 6. The second-order valence-electron chi connectivity index (χ2n) is 7.33. The number of alkyl halides is 3. The Balaban J connectivity index is 1.61. The first-order valence-electron chi connectivity index (χ1n) is 9.53. The molecular weight excluding hydrogens is 544 g/mol. The summed E-state index contributed by atoms with van der Waals surface area (Å²) in [7, 11) is 0. The molecule has 1 unspecified atom stereocenters. The normalized spacial score (nSPS) is 17.9. The van der Waals surface area contributed by atoms with Gasteiger partial charge in [0.1, 0.15) is 0 Å². The van der Waals surface area contributed by atoms with Gasteiger partial charge in [0.25, 0.3) is 11.5 Å². The Kier molecular flexibility index (Phi) is 6.44. The lowest BCUT2D eigenvalue weighted by Gasteiger charge is -2.29. The molecule has 1 aliphatic heterocycles. The second kappa shape index (κ2) is 9.00. The molecule has 1 aliphatic rings. The minimum atomic E-state index is -4.79. The van der Waals surface area contributed by atoms with Crippen molar-refractivity contribution in [1.29, 1.82) is 0 Å². The molecule has 3 aromatic carbocycles. The van der Waals surface area contributed by atoms with Crippen molar-refractivity contribution in [2.45, 2.75) is 18.2 Å². The Morgan fingerprint density at radius 1 is 1.03 bits per heavy atom. The molecule has 0 saturated heterocycles. The van der Waals surface area contributed by atoms with Crippen LogP contribution in [0.3, 0.4) is 0 Å². The molecule has 170 valence electrons. The predicted molar refractivity (Wildman–Crippen MR) is 125 cm³/mol. The Labute approximate surface area is 205 Å². The zero-order valence-electron chi connectivity index (χ0n) is 16.6. The van der Waals surface area contributed by atoms with Crippen LogP contribution in [-0.2, 0) is 10.4 Å². The van der Waals surface area contributed by atoms with Crippen LogP contribution in [0.4, 0.5) is 18.9 Å². The van der Waals surface area contributed by atoms with Crippen molar-refractivity contribution >= 4 is 56.4 Å². The average molecular weight is 558 g/mol. The second-order valence-corrected chi connectivity index (χ2v) is 9.12. The van der Waals surface area contributed by atoms with Crippen LogP contribution in [0.25, 0.3) is 0 Å². The van der Waals surface area contributed by atoms with Gasteiger partial charge >= 0.3 is 6.18 Å². The van der Waals surface area contributed by atoms with E-state index in [1.807, 2.05) is 0 Å². The molecule has 0 saturated carbocycles. The summed E-state index contributed by atoms with van der Waals surface area (Å²) in [4.78, 5) is 17.5. The van der Waals surface area contributed by atoms with E-state index in [4.69, 9.17) is 28.0 Å². The molecule has 33 heavy (non-hydrogen) atoms. The molecule has 10 heteroatoms. The van der Waals surface area contributed by atoms with Crippen LogP contribution in [0.1, 0.15) is 27.9 Å². The minimum absolute atomic E-state index is 0.0513. The van der Waals surface area contributed by atoms with Crippen molar-refractivity contribution in [3.63, 3.8) is 0 Å². The molecule has 1 atom stereocenters. The summed E-state index contributed by atoms with van der Waals surface area (Å²) in [6, 6.07) is 16.8. The summed E-state index contributed by atoms with van der Waals surface area (Å²) >= 11 is 15.2. The van der Waals surface area contributed by atoms with E-state index in [0.29, 0.717) is 16.8 Å². The standard InChI is InChI=1S/C23H14BrCl2F3N2O2/c24-16-5-1-4-14(7-16)21(32)30-19-6-2-3-13(8-19)20-12-22(33-31-20,23(27,28)29)15-9-17(25)11-18(26)10-15/h1-11H,12H2,(H,30,32). The number of oxime groups is 1. The van der Waals surface area contributed by atoms with Gasteiger partial charge in [0.2, 0.25) is 0 Å². The number of amides is 1. The van der Waals surface area contributed by atoms with Crippen LogP contribution < -0.4 is 5.32 Å². The van der Waals surface area contributed by atoms with Crippen molar-refractivity contribution in [1.82, 2.24) is 0 Å². The Morgan fingerprint density at radius 2 is 1.73 bits per heavy atom. The van der Waals surface area contributed by atoms with E-state index in [-0.39, 0.29) is 27.2 Å². The van der Waals surface area contributed by atoms with Crippen LogP contribution in [0.2, 0.25) is 10.0 Å². The van der Waals surface area contributed by atoms with E-state index >= 15 is 0 Å². The first kappa shape index (κ1) is 23.6. The van der Waals surface area contributed by atoms with E-state index in [1.165, 1.54) is 12.1 Å². The van der Waals surface area contributed by atoms with E-state index in [9.17, 15) is 18.0 Å². The Morgan fingerprint density at radius 3 is 2.39 bits per heavy atom. The van der Waals surface area contributed by atoms with Gasteiger partial charge in [-0.2, -0.15) is 13.2 Å². The number of nitrogens with one attached hydrogen (secondary N) is 1. The molecule has 1 N–H and O–H groups in total. The summed E-state index contributed by atoms with van der Waals surface area (Å²) in [5.74, 6) is -0.365. The van der Waals surface area contributed by atoms with Gasteiger partial charge in [-0.05, 0) is 48.5 Å². The molecule has 1 amide bonds. The molecule has 0 aromatic heterocycles. The Bertz CT molecular complexity index is 1250. The fraction of sp³-hybridized carbons (Fsp3) is 0.130. The van der Waals surface area contributed by atoms with Gasteiger partial charge in [-0.1, -0.05) is 62.5 Å². The van der Waals surface area contributed by atoms with Gasteiger partial charge in [-0.15, -0.1) is 0 Å². The number of nitrogens with zero attached hydrogens (tertiary/aromatic N) is 1. The van der Waals surface area contributed by atoms with Crippen molar-refractivity contribution in [3.8, 4) is 0 Å². The third kappa shape index (κ3) is 4.88. The topological polar surface area (TPSA) is 50.7 Å². The monoisotopic (exact) mass is 556 g/mol. The summed E-state index contributed by atoms with van der Waals surface area (Å²) in [5, 5.41) is 6.58. The largest absolute Gasteiger partial charge is 0.435 e. The van der Waals surface area contributed by atoms with Crippen molar-refractivity contribution in [2.75, 3.05) is 5.32 Å². The summed E-state index contributed by atoms with van der Waals surface area (Å²) in [6.07, 6.45) is -5.38. The van der Waals surface area contributed by atoms with E-state index in [2.05, 4.69) is 26.4 Å². The van der Waals surface area contributed by atoms with Gasteiger partial charge in [0.05, 0.1) is 5.71 Å². The molecule has 0 bridgehead atoms. The predicted octanol–water partition coefficient (Wildman–Crippen LogP) is 7.59. The third-order valence-corrected chi connectivity index (χ3v) is 5.98. The maximum atomic E-state index is 14.2. The highest BCUT2D eigenvalue weighted by Gasteiger charge is 2.62. The number of carbonyl (C=O) groups excluding carboxylic acids is 1. The smallest absolute Gasteiger partial charge is 0.374 e. The molecule has 4 rings (SSSR count). The van der Waals surface area contributed by atoms with E-state index < -0.39 is 18.2 Å². The van der Waals surface area contributed by atoms with Crippen molar-refractivity contribution < 1.29 is 22.8 Å². The van der Waals surface area contributed by atoms with Gasteiger partial charge in [-0.25, -0.2) is 0 Å². The van der Waals surface area contributed by atoms with Crippen LogP contribution >= 0.6 is 39.1 Å². The molecule has 4 nitrogen and oxygen atoms in total. The highest BCUT2D eigenvalue weighted by molar-refractivity contribution is 9.10. The zero-order chi connectivity index (χ0) is 23.8. The van der Waals surface area contributed by atoms with Crippen LogP contribution in [-0.4, -0.2) is 17.8 Å². The summed E-state index contributed by atoms with van der Waals surface area (Å²) < 4.78 is 43.3. The number of anilines is 1. The SMILES string of the molecule is O=C(Nc1cccc(C2=NOC(c3cc(Cl)cc(Cl)c3)(C(F)(F)F)C2)c1)c1cccc(Br)c1. The van der Waals surface area contributed by atoms with Gasteiger partial charge in [-0.3, -0.25) is 4.79 Å². The van der Waals surface area contributed by atoms with Crippen molar-refractivity contribution in [3.05, 3.63) is 97.9 Å². The molecule has 0 spiro atoms. The molecule has 0 aliphatic carbocycles. The molecule has 0 fully saturated rings. The number of benzene rings is 3. The molecule has 1 heterocycles. The van der Waals surface area contributed by atoms with E-state index in [1.54, 1.807) is 42.5 Å². The summed E-state index contributed by atoms with van der Waals surface area (Å²) in [6.45, 7) is 0. The Hall–Kier alpha value is -2.55. The van der Waals surface area contributed by atoms with Crippen LogP contribution in [0.5, 0.6) is 0 Å². The number of carbonyl (C=O) groups is 1. The first-order chi connectivity index (χ1) is 15.6. The lowest BCUT2D eigenvalue weighted by molar-refractivity contribution is -0.275. The van der Waals surface area contributed by atoms with Gasteiger partial charge in [0, 0.05) is 43.3 Å². The molecule has 3 aromatic rings. The maximum Gasteiger partial charge on any atom is 0.435 e. The number of hydrogen-bond donors (Lipinski definition) is 1. The van der Waals surface area contributed by atoms with E-state index in [0.717, 1.165) is 16.6 Å². The maximum absolute atomic E-state index is 14.2. The average Bonchev–Trinajstić information content (AvgIpc) is 3.20. The molecular formula is C23H14BrCl2F3N2O2. The zero-order valence-corrected chi connectivity index (χ0v) is 19.7. The quantitative estimate of drug-likeness (QED) is 0.359. The highest BCUT2D eigenvalue weighted by atomic mass is 79.9. The lowest BCUT2D eigenvalue weighted by Crippen LogP contribution is -2.42. The first-order valence-corrected chi connectivity index (χ1v) is 11.1. The number of hydrogen-bond acceptors (Lipinski definition) is 3. The lowest BCUT2D eigenvalue weighted by atomic mass is 9.86. The third-order valence-electron chi connectivity index (χ3n) is 5.06. The molecule has 0 radical (unpaired) electrons. The van der Waals surface area contributed by atoms with Gasteiger partial charge < -0.3 is 10.2 Å². The highest BCUT2D eigenvalue weighted by Crippen LogP contribution is 2.49. The minimum Gasteiger partial charge on any atom is -0.374 e. The van der Waals surface area contributed by atoms with Crippen LogP contribution in [0, 0.1) is 0 Å². The fourth-order valence-corrected chi connectivity index (χ4v) is 4.38. The number of rotatable bonds is 4. The summed E-state index contributed by atoms with van der Waals surface area (Å²) in [5.41, 5.74) is -1.71. The van der Waals surface area contributed by atoms with Crippen molar-refractivity contribution in [2.24, 2.45) is 5.16 Å². The van der Waals surface area contributed by atoms with Gasteiger partial charge in [0.15, 0.2) is 0 Å². The van der Waals surface area contributed by atoms with Crippen LogP contribution in [0.15, 0.2) is 76.4 Å². The fourth-order valence-electron chi connectivity index (χ4n) is 3.45.